The van der Waals surface area contributed by atoms with Gasteiger partial charge in [0.25, 0.3) is 11.8 Å². The molecule has 0 saturated carbocycles. The molecular formula is C33H27N3O5. The number of rotatable bonds is 6. The van der Waals surface area contributed by atoms with Crippen molar-refractivity contribution in [3.8, 4) is 11.1 Å². The molecule has 41 heavy (non-hydrogen) atoms. The first-order valence-corrected chi connectivity index (χ1v) is 13.5. The van der Waals surface area contributed by atoms with Gasteiger partial charge in [-0.3, -0.25) is 19.3 Å². The van der Waals surface area contributed by atoms with Crippen LogP contribution in [0, 0.1) is 0 Å². The van der Waals surface area contributed by atoms with E-state index in [0.29, 0.717) is 35.5 Å². The number of carbonyl (C=O) groups excluding carboxylic acids is 4. The number of fused-ring (bicyclic) bond motifs is 1. The van der Waals surface area contributed by atoms with Gasteiger partial charge in [-0.05, 0) is 65.9 Å². The van der Waals surface area contributed by atoms with E-state index < -0.39 is 12.1 Å². The van der Waals surface area contributed by atoms with Crippen molar-refractivity contribution in [1.82, 2.24) is 4.90 Å². The number of anilines is 2. The maximum atomic E-state index is 13.2. The Morgan fingerprint density at radius 1 is 0.780 bits per heavy atom. The Balaban J connectivity index is 1.12. The highest BCUT2D eigenvalue weighted by molar-refractivity contribution is 6.34. The third-order valence-electron chi connectivity index (χ3n) is 7.38. The van der Waals surface area contributed by atoms with Gasteiger partial charge in [0.2, 0.25) is 5.91 Å². The molecule has 4 aromatic carbocycles. The number of carbonyl (C=O) groups is 4. The van der Waals surface area contributed by atoms with Crippen molar-refractivity contribution in [1.29, 1.82) is 0 Å². The van der Waals surface area contributed by atoms with Crippen LogP contribution in [-0.2, 0) is 16.1 Å². The Bertz CT molecular complexity index is 1600. The largest absolute Gasteiger partial charge is 0.445 e. The fraction of sp³-hybridized carbons (Fsp3) is 0.152. The van der Waals surface area contributed by atoms with E-state index in [-0.39, 0.29) is 24.3 Å². The average molecular weight is 546 g/mol. The van der Waals surface area contributed by atoms with Gasteiger partial charge in [0.1, 0.15) is 12.6 Å². The number of nitrogens with zero attached hydrogens (tertiary/aromatic N) is 2. The van der Waals surface area contributed by atoms with Gasteiger partial charge >= 0.3 is 6.09 Å². The molecule has 0 bridgehead atoms. The van der Waals surface area contributed by atoms with Crippen LogP contribution in [0.15, 0.2) is 103 Å². The van der Waals surface area contributed by atoms with E-state index in [1.54, 1.807) is 42.5 Å². The van der Waals surface area contributed by atoms with Gasteiger partial charge < -0.3 is 10.1 Å². The van der Waals surface area contributed by atoms with Crippen molar-refractivity contribution >= 4 is 35.2 Å². The van der Waals surface area contributed by atoms with Gasteiger partial charge in [0.15, 0.2) is 0 Å². The number of likely N-dealkylation sites (tertiary alicyclic amines) is 1. The maximum Gasteiger partial charge on any atom is 0.410 e. The van der Waals surface area contributed by atoms with Crippen molar-refractivity contribution < 1.29 is 23.9 Å². The minimum absolute atomic E-state index is 0.151. The van der Waals surface area contributed by atoms with Crippen molar-refractivity contribution in [2.45, 2.75) is 25.5 Å². The molecule has 2 aliphatic rings. The topological polar surface area (TPSA) is 96.0 Å². The molecule has 8 heteroatoms. The summed E-state index contributed by atoms with van der Waals surface area (Å²) in [5.41, 5.74) is 4.47. The summed E-state index contributed by atoms with van der Waals surface area (Å²) in [6.07, 6.45) is 0.780. The van der Waals surface area contributed by atoms with Crippen LogP contribution in [0.3, 0.4) is 0 Å². The Labute approximate surface area is 237 Å². The minimum Gasteiger partial charge on any atom is -0.445 e. The quantitative estimate of drug-likeness (QED) is 0.305. The molecule has 2 aliphatic heterocycles. The summed E-state index contributed by atoms with van der Waals surface area (Å²) in [6.45, 7) is 0.615. The molecule has 1 atom stereocenters. The second-order valence-electron chi connectivity index (χ2n) is 10.00. The lowest BCUT2D eigenvalue weighted by Crippen LogP contribution is -2.43. The molecule has 1 saturated heterocycles. The summed E-state index contributed by atoms with van der Waals surface area (Å²) < 4.78 is 5.46. The Kier molecular flexibility index (Phi) is 7.04. The van der Waals surface area contributed by atoms with E-state index in [1.165, 1.54) is 9.80 Å². The molecule has 4 amide bonds. The number of ether oxygens (including phenoxy) is 1. The summed E-state index contributed by atoms with van der Waals surface area (Å²) in [4.78, 5) is 54.2. The van der Waals surface area contributed by atoms with Crippen LogP contribution in [0.4, 0.5) is 16.2 Å². The lowest BCUT2D eigenvalue weighted by molar-refractivity contribution is -0.120. The zero-order chi connectivity index (χ0) is 28.3. The molecule has 6 rings (SSSR count). The standard InChI is InChI=1S/C33H27N3O5/c37-30(29-14-7-19-35(29)33(40)41-21-22-8-2-1-3-9-22)34-25-11-6-10-24(20-25)23-15-17-26(18-16-23)36-31(38)27-12-4-5-13-28(27)32(36)39/h1-6,8-13,15-18,20,29H,7,14,19,21H2,(H,34,37)/t29-/m0/s1. The molecular weight excluding hydrogens is 518 g/mol. The molecule has 1 fully saturated rings. The number of hydrogen-bond acceptors (Lipinski definition) is 5. The Morgan fingerprint density at radius 3 is 2.17 bits per heavy atom. The van der Waals surface area contributed by atoms with E-state index >= 15 is 0 Å². The van der Waals surface area contributed by atoms with E-state index in [4.69, 9.17) is 4.74 Å². The van der Waals surface area contributed by atoms with Crippen LogP contribution in [0.25, 0.3) is 11.1 Å². The number of imide groups is 1. The van der Waals surface area contributed by atoms with Gasteiger partial charge in [0, 0.05) is 12.2 Å². The summed E-state index contributed by atoms with van der Waals surface area (Å²) in [5.74, 6) is -0.946. The molecule has 0 radical (unpaired) electrons. The highest BCUT2D eigenvalue weighted by Crippen LogP contribution is 2.31. The molecule has 1 N–H and O–H groups in total. The fourth-order valence-electron chi connectivity index (χ4n) is 5.29. The van der Waals surface area contributed by atoms with E-state index in [1.807, 2.05) is 60.7 Å². The number of amides is 4. The number of hydrogen-bond donors (Lipinski definition) is 1. The fourth-order valence-corrected chi connectivity index (χ4v) is 5.29. The highest BCUT2D eigenvalue weighted by Gasteiger charge is 2.37. The lowest BCUT2D eigenvalue weighted by Gasteiger charge is -2.23. The van der Waals surface area contributed by atoms with Crippen molar-refractivity contribution in [3.05, 3.63) is 120 Å². The SMILES string of the molecule is O=C(Nc1cccc(-c2ccc(N3C(=O)c4ccccc4C3=O)cc2)c1)[C@@H]1CCCN1C(=O)OCc1ccccc1. The zero-order valence-electron chi connectivity index (χ0n) is 22.2. The van der Waals surface area contributed by atoms with Gasteiger partial charge in [-0.15, -0.1) is 0 Å². The molecule has 4 aromatic rings. The average Bonchev–Trinajstić information content (AvgIpc) is 3.60. The van der Waals surface area contributed by atoms with Crippen molar-refractivity contribution in [3.63, 3.8) is 0 Å². The third kappa shape index (κ3) is 5.19. The van der Waals surface area contributed by atoms with Crippen LogP contribution in [0.1, 0.15) is 39.1 Å². The molecule has 0 spiro atoms. The van der Waals surface area contributed by atoms with Crippen molar-refractivity contribution in [2.75, 3.05) is 16.8 Å². The number of nitrogens with one attached hydrogen (secondary N) is 1. The second-order valence-corrected chi connectivity index (χ2v) is 10.00. The van der Waals surface area contributed by atoms with Gasteiger partial charge in [-0.25, -0.2) is 9.69 Å². The first kappa shape index (κ1) is 26.0. The highest BCUT2D eigenvalue weighted by atomic mass is 16.6. The lowest BCUT2D eigenvalue weighted by atomic mass is 10.0. The Hall–Kier alpha value is -5.24. The van der Waals surface area contributed by atoms with Crippen LogP contribution in [-0.4, -0.2) is 41.3 Å². The minimum atomic E-state index is -0.610. The zero-order valence-corrected chi connectivity index (χ0v) is 22.2. The predicted octanol–water partition coefficient (Wildman–Crippen LogP) is 5.89. The molecule has 0 aliphatic carbocycles. The van der Waals surface area contributed by atoms with E-state index in [2.05, 4.69) is 5.32 Å². The summed E-state index contributed by atoms with van der Waals surface area (Å²) in [6, 6.07) is 30.1. The number of benzene rings is 4. The molecule has 0 unspecified atom stereocenters. The molecule has 204 valence electrons. The summed E-state index contributed by atoms with van der Waals surface area (Å²) >= 11 is 0. The molecule has 0 aromatic heterocycles. The summed E-state index contributed by atoms with van der Waals surface area (Å²) in [7, 11) is 0. The Morgan fingerprint density at radius 2 is 1.46 bits per heavy atom. The summed E-state index contributed by atoms with van der Waals surface area (Å²) in [5, 5.41) is 2.94. The van der Waals surface area contributed by atoms with Crippen molar-refractivity contribution in [2.24, 2.45) is 0 Å². The van der Waals surface area contributed by atoms with Gasteiger partial charge in [0.05, 0.1) is 16.8 Å². The van der Waals surface area contributed by atoms with E-state index in [0.717, 1.165) is 23.1 Å². The predicted molar refractivity (Wildman–Crippen MR) is 154 cm³/mol. The first-order chi connectivity index (χ1) is 20.0. The molecule has 8 nitrogen and oxygen atoms in total. The molecule has 2 heterocycles. The smallest absolute Gasteiger partial charge is 0.410 e. The maximum absolute atomic E-state index is 13.2. The second kappa shape index (κ2) is 11.1. The monoisotopic (exact) mass is 545 g/mol. The van der Waals surface area contributed by atoms with Crippen LogP contribution in [0.2, 0.25) is 0 Å². The van der Waals surface area contributed by atoms with Crippen LogP contribution < -0.4 is 10.2 Å². The van der Waals surface area contributed by atoms with Crippen LogP contribution >= 0.6 is 0 Å². The van der Waals surface area contributed by atoms with Crippen LogP contribution in [0.5, 0.6) is 0 Å². The normalized spacial score (nSPS) is 16.0. The third-order valence-corrected chi connectivity index (χ3v) is 7.38. The van der Waals surface area contributed by atoms with Gasteiger partial charge in [-0.1, -0.05) is 66.7 Å². The van der Waals surface area contributed by atoms with Gasteiger partial charge in [-0.2, -0.15) is 0 Å². The van der Waals surface area contributed by atoms with E-state index in [9.17, 15) is 19.2 Å². The first-order valence-electron chi connectivity index (χ1n) is 13.5.